The summed E-state index contributed by atoms with van der Waals surface area (Å²) in [7, 11) is 0. The van der Waals surface area contributed by atoms with E-state index in [1.165, 1.54) is 0 Å². The number of esters is 1. The molecule has 2 atom stereocenters. The predicted molar refractivity (Wildman–Crippen MR) is 58.6 cm³/mol. The van der Waals surface area contributed by atoms with Gasteiger partial charge in [0.2, 0.25) is 6.54 Å². The maximum atomic E-state index is 11.3. The minimum atomic E-state index is -0.966. The van der Waals surface area contributed by atoms with Crippen molar-refractivity contribution in [3.63, 3.8) is 0 Å². The average molecular weight is 229 g/mol. The smallest absolute Gasteiger partial charge is 0.308 e. The van der Waals surface area contributed by atoms with Crippen molar-refractivity contribution in [3.8, 4) is 0 Å². The molecule has 0 aliphatic heterocycles. The van der Waals surface area contributed by atoms with Crippen LogP contribution in [0.4, 0.5) is 0 Å². The van der Waals surface area contributed by atoms with Crippen LogP contribution < -0.4 is 0 Å². The molecule has 2 N–H and O–H groups in total. The third-order valence-corrected chi connectivity index (χ3v) is 1.67. The summed E-state index contributed by atoms with van der Waals surface area (Å²) in [5, 5.41) is 18.7. The van der Waals surface area contributed by atoms with Gasteiger partial charge in [-0.15, -0.1) is 0 Å². The van der Waals surface area contributed by atoms with Gasteiger partial charge in [-0.2, -0.15) is 0 Å². The molecule has 0 saturated carbocycles. The van der Waals surface area contributed by atoms with Gasteiger partial charge in [-0.1, -0.05) is 0 Å². The van der Waals surface area contributed by atoms with E-state index in [1.54, 1.807) is 20.8 Å². The van der Waals surface area contributed by atoms with E-state index in [-0.39, 0.29) is 19.4 Å². The summed E-state index contributed by atoms with van der Waals surface area (Å²) in [4.78, 5) is 14.3. The van der Waals surface area contributed by atoms with Crippen molar-refractivity contribution < 1.29 is 19.7 Å². The molecule has 0 bridgehead atoms. The van der Waals surface area contributed by atoms with E-state index in [4.69, 9.17) is 11.3 Å². The molecule has 0 aliphatic carbocycles. The lowest BCUT2D eigenvalue weighted by molar-refractivity contribution is -0.157. The number of rotatable bonds is 5. The molecule has 0 spiro atoms. The van der Waals surface area contributed by atoms with Gasteiger partial charge >= 0.3 is 5.97 Å². The quantitative estimate of drug-likeness (QED) is 0.539. The molecule has 0 fully saturated rings. The van der Waals surface area contributed by atoms with E-state index in [1.807, 2.05) is 0 Å². The molecule has 0 rings (SSSR count). The third-order valence-electron chi connectivity index (χ3n) is 1.67. The summed E-state index contributed by atoms with van der Waals surface area (Å²) in [6.07, 6.45) is -2.00. The zero-order chi connectivity index (χ0) is 12.8. The van der Waals surface area contributed by atoms with Crippen LogP contribution in [-0.2, 0) is 9.53 Å². The molecule has 0 amide bonds. The van der Waals surface area contributed by atoms with Crippen molar-refractivity contribution >= 4 is 5.97 Å². The van der Waals surface area contributed by atoms with E-state index < -0.39 is 23.8 Å². The second kappa shape index (κ2) is 6.46. The number of aliphatic hydroxyl groups is 2. The molecule has 5 heteroatoms. The van der Waals surface area contributed by atoms with Crippen LogP contribution in [0.25, 0.3) is 4.85 Å². The van der Waals surface area contributed by atoms with E-state index in [0.29, 0.717) is 0 Å². The molecule has 0 aromatic rings. The summed E-state index contributed by atoms with van der Waals surface area (Å²) < 4.78 is 5.01. The Morgan fingerprint density at radius 2 is 1.94 bits per heavy atom. The molecule has 0 heterocycles. The van der Waals surface area contributed by atoms with E-state index in [9.17, 15) is 15.0 Å². The average Bonchev–Trinajstić information content (AvgIpc) is 1.98. The summed E-state index contributed by atoms with van der Waals surface area (Å²) in [6.45, 7) is 11.7. The van der Waals surface area contributed by atoms with E-state index in [2.05, 4.69) is 4.85 Å². The summed E-state index contributed by atoms with van der Waals surface area (Å²) in [6, 6.07) is 0. The molecule has 2 unspecified atom stereocenters. The molecule has 0 aromatic heterocycles. The Balaban J connectivity index is 3.92. The highest BCUT2D eigenvalue weighted by molar-refractivity contribution is 5.70. The lowest BCUT2D eigenvalue weighted by Crippen LogP contribution is -2.28. The first-order valence-electron chi connectivity index (χ1n) is 5.16. The van der Waals surface area contributed by atoms with Crippen LogP contribution >= 0.6 is 0 Å². The molecular weight excluding hydrogens is 210 g/mol. The second-order valence-corrected chi connectivity index (χ2v) is 4.67. The summed E-state index contributed by atoms with van der Waals surface area (Å²) in [5.41, 5.74) is -0.577. The van der Waals surface area contributed by atoms with Crippen LogP contribution in [0.1, 0.15) is 33.6 Å². The Labute approximate surface area is 95.9 Å². The molecule has 0 saturated heterocycles. The molecule has 0 aromatic carbocycles. The lowest BCUT2D eigenvalue weighted by atomic mass is 10.1. The van der Waals surface area contributed by atoms with Crippen LogP contribution in [0, 0.1) is 6.57 Å². The normalized spacial score (nSPS) is 15.0. The van der Waals surface area contributed by atoms with Gasteiger partial charge in [-0.05, 0) is 20.8 Å². The number of carbonyl (C=O) groups is 1. The molecule has 0 radical (unpaired) electrons. The highest BCUT2D eigenvalue weighted by Crippen LogP contribution is 2.11. The maximum absolute atomic E-state index is 11.3. The Bertz CT molecular complexity index is 264. The zero-order valence-corrected chi connectivity index (χ0v) is 9.93. The van der Waals surface area contributed by atoms with Crippen molar-refractivity contribution in [1.29, 1.82) is 0 Å². The predicted octanol–water partition coefficient (Wildman–Crippen LogP) is 0.749. The van der Waals surface area contributed by atoms with Gasteiger partial charge in [0.15, 0.2) is 0 Å². The maximum Gasteiger partial charge on any atom is 0.308 e. The van der Waals surface area contributed by atoms with Crippen molar-refractivity contribution in [1.82, 2.24) is 0 Å². The number of hydrogen-bond acceptors (Lipinski definition) is 4. The van der Waals surface area contributed by atoms with Gasteiger partial charge in [0, 0.05) is 6.42 Å². The van der Waals surface area contributed by atoms with Crippen LogP contribution in [0.5, 0.6) is 0 Å². The number of aliphatic hydroxyl groups excluding tert-OH is 2. The Hall–Kier alpha value is -1.12. The Kier molecular flexibility index (Phi) is 6.01. The largest absolute Gasteiger partial charge is 0.460 e. The fraction of sp³-hybridized carbons (Fsp3) is 0.818. The van der Waals surface area contributed by atoms with Gasteiger partial charge in [-0.25, -0.2) is 6.57 Å². The van der Waals surface area contributed by atoms with Gasteiger partial charge < -0.3 is 19.8 Å². The molecule has 0 aliphatic rings. The first-order chi connectivity index (χ1) is 7.24. The standard InChI is InChI=1S/C11H19NO4/c1-11(2,3)16-10(15)6-8(13)5-9(14)7-12-4/h8-9,13-14H,5-7H2,1-3H3. The monoisotopic (exact) mass is 229 g/mol. The van der Waals surface area contributed by atoms with Crippen molar-refractivity contribution in [3.05, 3.63) is 11.4 Å². The van der Waals surface area contributed by atoms with Gasteiger partial charge in [0.25, 0.3) is 0 Å². The number of nitrogens with zero attached hydrogens (tertiary/aromatic N) is 1. The first kappa shape index (κ1) is 14.9. The Morgan fingerprint density at radius 3 is 2.38 bits per heavy atom. The highest BCUT2D eigenvalue weighted by Gasteiger charge is 2.21. The Morgan fingerprint density at radius 1 is 1.38 bits per heavy atom. The van der Waals surface area contributed by atoms with E-state index in [0.717, 1.165) is 0 Å². The number of hydrogen-bond donors (Lipinski definition) is 2. The molecule has 16 heavy (non-hydrogen) atoms. The molecule has 92 valence electrons. The van der Waals surface area contributed by atoms with Gasteiger partial charge in [-0.3, -0.25) is 4.79 Å². The SMILES string of the molecule is [C-]#[N+]CC(O)CC(O)CC(=O)OC(C)(C)C. The summed E-state index contributed by atoms with van der Waals surface area (Å²) in [5.74, 6) is -0.505. The fourth-order valence-electron chi connectivity index (χ4n) is 1.15. The molecule has 5 nitrogen and oxygen atoms in total. The number of ether oxygens (including phenoxy) is 1. The highest BCUT2D eigenvalue weighted by atomic mass is 16.6. The van der Waals surface area contributed by atoms with Gasteiger partial charge in [0.05, 0.1) is 12.5 Å². The van der Waals surface area contributed by atoms with Crippen molar-refractivity contribution in [2.45, 2.75) is 51.4 Å². The molecular formula is C11H19NO4. The lowest BCUT2D eigenvalue weighted by Gasteiger charge is -2.20. The van der Waals surface area contributed by atoms with Crippen LogP contribution in [0.2, 0.25) is 0 Å². The van der Waals surface area contributed by atoms with Crippen LogP contribution in [0.15, 0.2) is 0 Å². The van der Waals surface area contributed by atoms with Crippen LogP contribution in [-0.4, -0.2) is 40.5 Å². The van der Waals surface area contributed by atoms with Gasteiger partial charge in [0.1, 0.15) is 11.7 Å². The zero-order valence-electron chi connectivity index (χ0n) is 9.93. The third kappa shape index (κ3) is 8.21. The second-order valence-electron chi connectivity index (χ2n) is 4.67. The van der Waals surface area contributed by atoms with E-state index >= 15 is 0 Å². The fourth-order valence-corrected chi connectivity index (χ4v) is 1.15. The van der Waals surface area contributed by atoms with Crippen LogP contribution in [0.3, 0.4) is 0 Å². The minimum Gasteiger partial charge on any atom is -0.460 e. The minimum absolute atomic E-state index is 0.0155. The first-order valence-corrected chi connectivity index (χ1v) is 5.16. The topological polar surface area (TPSA) is 71.1 Å². The summed E-state index contributed by atoms with van der Waals surface area (Å²) >= 11 is 0. The van der Waals surface area contributed by atoms with Crippen molar-refractivity contribution in [2.24, 2.45) is 0 Å². The number of carbonyl (C=O) groups excluding carboxylic acids is 1. The van der Waals surface area contributed by atoms with Crippen molar-refractivity contribution in [2.75, 3.05) is 6.54 Å².